The molecular formula is C11H18N4O. The molecule has 1 aromatic heterocycles. The highest BCUT2D eigenvalue weighted by Gasteiger charge is 2.00. The quantitative estimate of drug-likeness (QED) is 0.718. The zero-order valence-corrected chi connectivity index (χ0v) is 9.77. The first-order valence-electron chi connectivity index (χ1n) is 5.48. The monoisotopic (exact) mass is 222 g/mol. The second-order valence-electron chi connectivity index (χ2n) is 3.41. The second-order valence-corrected chi connectivity index (χ2v) is 3.41. The predicted molar refractivity (Wildman–Crippen MR) is 65.4 cm³/mol. The third-order valence-corrected chi connectivity index (χ3v) is 2.00. The molecule has 0 aliphatic rings. The van der Waals surface area contributed by atoms with Gasteiger partial charge in [0.1, 0.15) is 5.69 Å². The van der Waals surface area contributed by atoms with Crippen LogP contribution in [0.2, 0.25) is 0 Å². The summed E-state index contributed by atoms with van der Waals surface area (Å²) in [7, 11) is 0. The van der Waals surface area contributed by atoms with Crippen molar-refractivity contribution < 1.29 is 5.11 Å². The van der Waals surface area contributed by atoms with E-state index in [1.54, 1.807) is 6.20 Å². The van der Waals surface area contributed by atoms with Gasteiger partial charge in [0.2, 0.25) is 5.95 Å². The minimum atomic E-state index is 0.0683. The summed E-state index contributed by atoms with van der Waals surface area (Å²) < 4.78 is 0. The smallest absolute Gasteiger partial charge is 0.223 e. The van der Waals surface area contributed by atoms with Crippen LogP contribution in [0.25, 0.3) is 0 Å². The Morgan fingerprint density at radius 2 is 2.38 bits per heavy atom. The molecule has 1 rings (SSSR count). The number of aliphatic hydroxyl groups excluding tert-OH is 1. The zero-order chi connectivity index (χ0) is 11.8. The van der Waals surface area contributed by atoms with Gasteiger partial charge in [-0.15, -0.1) is 0 Å². The van der Waals surface area contributed by atoms with Crippen molar-refractivity contribution in [1.82, 2.24) is 9.97 Å². The summed E-state index contributed by atoms with van der Waals surface area (Å²) in [5, 5.41) is 11.6. The first-order chi connectivity index (χ1) is 7.77. The maximum absolute atomic E-state index is 8.65. The topological polar surface area (TPSA) is 70.4 Å². The van der Waals surface area contributed by atoms with Gasteiger partial charge in [-0.25, -0.2) is 9.97 Å². The minimum absolute atomic E-state index is 0.0683. The van der Waals surface area contributed by atoms with E-state index in [2.05, 4.69) is 27.2 Å². The lowest BCUT2D eigenvalue weighted by Crippen LogP contribution is -2.08. The molecule has 0 aliphatic carbocycles. The molecule has 0 saturated heterocycles. The third-order valence-electron chi connectivity index (χ3n) is 2.00. The van der Waals surface area contributed by atoms with Gasteiger partial charge < -0.3 is 10.4 Å². The molecule has 0 bridgehead atoms. The van der Waals surface area contributed by atoms with Crippen molar-refractivity contribution in [2.45, 2.75) is 26.7 Å². The van der Waals surface area contributed by atoms with Gasteiger partial charge in [-0.3, -0.25) is 4.99 Å². The van der Waals surface area contributed by atoms with E-state index >= 15 is 0 Å². The minimum Gasteiger partial charge on any atom is -0.395 e. The molecule has 1 heterocycles. The van der Waals surface area contributed by atoms with Crippen LogP contribution in [0.5, 0.6) is 0 Å². The molecule has 0 aliphatic heterocycles. The Labute approximate surface area is 95.7 Å². The lowest BCUT2D eigenvalue weighted by Gasteiger charge is -2.04. The number of hydrogen-bond acceptors (Lipinski definition) is 5. The Morgan fingerprint density at radius 3 is 3.00 bits per heavy atom. The molecule has 2 N–H and O–H groups in total. The lowest BCUT2D eigenvalue weighted by molar-refractivity contribution is 0.311. The van der Waals surface area contributed by atoms with E-state index in [1.807, 2.05) is 13.1 Å². The first kappa shape index (κ1) is 12.6. The van der Waals surface area contributed by atoms with Crippen molar-refractivity contribution in [3.8, 4) is 0 Å². The Kier molecular flexibility index (Phi) is 5.42. The van der Waals surface area contributed by atoms with Crippen LogP contribution in [0.4, 0.5) is 11.6 Å². The number of rotatable bonds is 6. The Bertz CT molecular complexity index is 352. The van der Waals surface area contributed by atoms with Crippen molar-refractivity contribution in [3.63, 3.8) is 0 Å². The fourth-order valence-electron chi connectivity index (χ4n) is 1.13. The number of aryl methyl sites for hydroxylation is 1. The van der Waals surface area contributed by atoms with E-state index in [0.717, 1.165) is 24.2 Å². The third kappa shape index (κ3) is 3.94. The van der Waals surface area contributed by atoms with E-state index in [4.69, 9.17) is 5.11 Å². The molecule has 0 atom stereocenters. The van der Waals surface area contributed by atoms with Crippen LogP contribution in [0.1, 0.15) is 25.5 Å². The van der Waals surface area contributed by atoms with Gasteiger partial charge in [0.05, 0.1) is 18.5 Å². The van der Waals surface area contributed by atoms with E-state index in [-0.39, 0.29) is 6.61 Å². The Hall–Kier alpha value is -1.49. The number of aliphatic hydroxyl groups is 1. The molecule has 5 nitrogen and oxygen atoms in total. The summed E-state index contributed by atoms with van der Waals surface area (Å²) in [6.07, 6.45) is 5.62. The van der Waals surface area contributed by atoms with E-state index in [9.17, 15) is 0 Å². The number of aromatic nitrogens is 2. The van der Waals surface area contributed by atoms with E-state index < -0.39 is 0 Å². The summed E-state index contributed by atoms with van der Waals surface area (Å²) in [5.41, 5.74) is 1.63. The van der Waals surface area contributed by atoms with Crippen LogP contribution < -0.4 is 5.32 Å². The number of aliphatic imine (C=N–C) groups is 1. The molecular weight excluding hydrogens is 204 g/mol. The van der Waals surface area contributed by atoms with Crippen LogP contribution in [-0.4, -0.2) is 34.4 Å². The molecule has 1 aromatic rings. The summed E-state index contributed by atoms with van der Waals surface area (Å²) in [6, 6.07) is 0. The molecule has 0 saturated carbocycles. The molecule has 0 fully saturated rings. The summed E-state index contributed by atoms with van der Waals surface area (Å²) in [6.45, 7) is 4.53. The van der Waals surface area contributed by atoms with Crippen LogP contribution in [0, 0.1) is 6.92 Å². The van der Waals surface area contributed by atoms with E-state index in [1.165, 1.54) is 0 Å². The fraction of sp³-hybridized carbons (Fsp3) is 0.545. The van der Waals surface area contributed by atoms with Gasteiger partial charge in [-0.05, 0) is 13.3 Å². The largest absolute Gasteiger partial charge is 0.395 e. The molecule has 5 heteroatoms. The highest BCUT2D eigenvalue weighted by atomic mass is 16.3. The number of nitrogens with zero attached hydrogens (tertiary/aromatic N) is 3. The summed E-state index contributed by atoms with van der Waals surface area (Å²) in [5.74, 6) is 0.529. The van der Waals surface area contributed by atoms with Gasteiger partial charge >= 0.3 is 0 Å². The highest BCUT2D eigenvalue weighted by Crippen LogP contribution is 2.15. The van der Waals surface area contributed by atoms with E-state index in [0.29, 0.717) is 12.5 Å². The average Bonchev–Trinajstić information content (AvgIpc) is 2.29. The van der Waals surface area contributed by atoms with Crippen molar-refractivity contribution in [2.75, 3.05) is 18.5 Å². The number of unbranched alkanes of at least 4 members (excludes halogenated alkanes) is 1. The molecule has 0 aromatic carbocycles. The Morgan fingerprint density at radius 1 is 1.56 bits per heavy atom. The SMILES string of the molecule is CCCC=Nc1cnc(NCCO)nc1C. The average molecular weight is 222 g/mol. The number of hydrogen-bond donors (Lipinski definition) is 2. The Balaban J connectivity index is 2.67. The normalized spacial score (nSPS) is 10.9. The molecule has 0 spiro atoms. The fourth-order valence-corrected chi connectivity index (χ4v) is 1.13. The molecule has 0 amide bonds. The van der Waals surface area contributed by atoms with Crippen molar-refractivity contribution in [3.05, 3.63) is 11.9 Å². The summed E-state index contributed by atoms with van der Waals surface area (Å²) in [4.78, 5) is 12.6. The van der Waals surface area contributed by atoms with Gasteiger partial charge in [-0.2, -0.15) is 0 Å². The first-order valence-corrected chi connectivity index (χ1v) is 5.48. The van der Waals surface area contributed by atoms with Gasteiger partial charge in [0.25, 0.3) is 0 Å². The zero-order valence-electron chi connectivity index (χ0n) is 9.77. The van der Waals surface area contributed by atoms with Crippen LogP contribution >= 0.6 is 0 Å². The molecule has 0 radical (unpaired) electrons. The van der Waals surface area contributed by atoms with Crippen molar-refractivity contribution in [2.24, 2.45) is 4.99 Å². The van der Waals surface area contributed by atoms with Gasteiger partial charge in [0.15, 0.2) is 0 Å². The van der Waals surface area contributed by atoms with Gasteiger partial charge in [-0.1, -0.05) is 13.3 Å². The molecule has 88 valence electrons. The summed E-state index contributed by atoms with van der Waals surface area (Å²) >= 11 is 0. The predicted octanol–water partition coefficient (Wildman–Crippen LogP) is 1.69. The van der Waals surface area contributed by atoms with Crippen LogP contribution in [0.3, 0.4) is 0 Å². The second kappa shape index (κ2) is 6.90. The maximum atomic E-state index is 8.65. The lowest BCUT2D eigenvalue weighted by atomic mass is 10.3. The van der Waals surface area contributed by atoms with Crippen molar-refractivity contribution in [1.29, 1.82) is 0 Å². The molecule has 16 heavy (non-hydrogen) atoms. The van der Waals surface area contributed by atoms with Crippen LogP contribution in [-0.2, 0) is 0 Å². The number of anilines is 1. The highest BCUT2D eigenvalue weighted by molar-refractivity contribution is 5.63. The maximum Gasteiger partial charge on any atom is 0.223 e. The standard InChI is InChI=1S/C11H18N4O/c1-3-4-5-12-10-8-14-11(13-6-7-16)15-9(10)2/h5,8,16H,3-4,6-7H2,1-2H3,(H,13,14,15). The number of nitrogens with one attached hydrogen (secondary N) is 1. The van der Waals surface area contributed by atoms with Crippen molar-refractivity contribution >= 4 is 17.9 Å². The van der Waals surface area contributed by atoms with Gasteiger partial charge in [0, 0.05) is 12.8 Å². The molecule has 0 unspecified atom stereocenters. The van der Waals surface area contributed by atoms with Crippen LogP contribution in [0.15, 0.2) is 11.2 Å².